The highest BCUT2D eigenvalue weighted by Gasteiger charge is 2.25. The second-order valence-corrected chi connectivity index (χ2v) is 13.6. The Morgan fingerprint density at radius 1 is 0.850 bits per heavy atom. The van der Waals surface area contributed by atoms with Crippen LogP contribution in [-0.2, 0) is 35.7 Å². The monoisotopic (exact) mass is 822 g/mol. The van der Waals surface area contributed by atoms with Crippen molar-refractivity contribution in [1.82, 2.24) is 43.6 Å². The molecule has 6 rings (SSSR count). The maximum atomic E-state index is 13.9. The fraction of sp³-hybridized carbons (Fsp3) is 0.333. The van der Waals surface area contributed by atoms with Crippen molar-refractivity contribution < 1.29 is 33.4 Å². The van der Waals surface area contributed by atoms with Crippen LogP contribution in [0.5, 0.6) is 5.75 Å². The zero-order chi connectivity index (χ0) is 43.2. The SMILES string of the molecule is CCn1nc(C)cc1C(=O)Nc1nc2cc(C(N)=O)cnc2n1C/C=C/Cn1c(NC(=O)c2c(N)c(C)nn2CC)nc2cc(C(=O)CN)cc(OCCCC(=O)OC)c21. The molecule has 0 unspecified atom stereocenters. The summed E-state index contributed by atoms with van der Waals surface area (Å²) in [5, 5.41) is 14.5. The van der Waals surface area contributed by atoms with Crippen molar-refractivity contribution >= 4 is 69.3 Å². The number of carbonyl (C=O) groups is 5. The lowest BCUT2D eigenvalue weighted by atomic mass is 10.1. The third kappa shape index (κ3) is 8.70. The van der Waals surface area contributed by atoms with E-state index in [0.717, 1.165) is 0 Å². The lowest BCUT2D eigenvalue weighted by Gasteiger charge is -2.13. The summed E-state index contributed by atoms with van der Waals surface area (Å²) in [4.78, 5) is 77.8. The molecule has 0 fully saturated rings. The smallest absolute Gasteiger partial charge is 0.305 e. The van der Waals surface area contributed by atoms with Crippen molar-refractivity contribution in [3.63, 3.8) is 0 Å². The fourth-order valence-electron chi connectivity index (χ4n) is 6.53. The number of imidazole rings is 2. The normalized spacial score (nSPS) is 11.4. The Morgan fingerprint density at radius 2 is 1.52 bits per heavy atom. The molecule has 0 bridgehead atoms. The number of nitrogens with one attached hydrogen (secondary N) is 2. The van der Waals surface area contributed by atoms with Gasteiger partial charge in [-0.3, -0.25) is 48.5 Å². The van der Waals surface area contributed by atoms with Gasteiger partial charge in [0.25, 0.3) is 11.8 Å². The number of hydrogen-bond acceptors (Lipinski definition) is 14. The minimum absolute atomic E-state index is 0.0873. The molecule has 8 N–H and O–H groups in total. The van der Waals surface area contributed by atoms with Gasteiger partial charge in [-0.15, -0.1) is 0 Å². The van der Waals surface area contributed by atoms with Crippen LogP contribution in [0.4, 0.5) is 17.6 Å². The van der Waals surface area contributed by atoms with Gasteiger partial charge in [-0.05, 0) is 58.4 Å². The number of rotatable bonds is 18. The van der Waals surface area contributed by atoms with E-state index in [1.54, 1.807) is 58.0 Å². The van der Waals surface area contributed by atoms with Gasteiger partial charge in [-0.2, -0.15) is 10.2 Å². The van der Waals surface area contributed by atoms with Crippen molar-refractivity contribution in [2.24, 2.45) is 11.5 Å². The molecule has 314 valence electrons. The number of ketones is 1. The van der Waals surface area contributed by atoms with E-state index in [1.165, 1.54) is 24.1 Å². The van der Waals surface area contributed by atoms with Crippen molar-refractivity contribution in [3.8, 4) is 5.75 Å². The molecule has 0 atom stereocenters. The standard InChI is InChI=1S/C39H46N14O7/c1-6-52-27(15-21(3)48-52)36(57)46-39-45-26-17-24(34(42)56)20-43-35(26)51(39)13-9-8-12-50-32-25(44-38(50)47-37(58)33-31(41)22(4)49-53(33)7-2)16-23(28(54)19-40)18-29(32)60-14-10-11-30(55)59-5/h8-9,15-18,20H,6-7,10-14,19,40-41H2,1-5H3,(H2,42,56)(H,44,47,58)(H,45,46,57)/b9-8+. The van der Waals surface area contributed by atoms with Crippen LogP contribution < -0.4 is 32.6 Å². The van der Waals surface area contributed by atoms with Gasteiger partial charge in [0.2, 0.25) is 17.8 Å². The quantitative estimate of drug-likeness (QED) is 0.0361. The van der Waals surface area contributed by atoms with Crippen LogP contribution in [-0.4, -0.2) is 93.4 Å². The summed E-state index contributed by atoms with van der Waals surface area (Å²) < 4.78 is 17.3. The number of allylic oxidation sites excluding steroid dienone is 2. The van der Waals surface area contributed by atoms with Crippen LogP contribution >= 0.6 is 0 Å². The average Bonchev–Trinajstić information content (AvgIpc) is 3.97. The summed E-state index contributed by atoms with van der Waals surface area (Å²) in [7, 11) is 1.30. The van der Waals surface area contributed by atoms with Crippen LogP contribution in [0, 0.1) is 13.8 Å². The maximum Gasteiger partial charge on any atom is 0.305 e. The molecular formula is C39H46N14O7. The topological polar surface area (TPSA) is 290 Å². The van der Waals surface area contributed by atoms with Crippen LogP contribution in [0.2, 0.25) is 0 Å². The number of fused-ring (bicyclic) bond motifs is 2. The molecule has 0 aliphatic carbocycles. The second-order valence-electron chi connectivity index (χ2n) is 13.6. The lowest BCUT2D eigenvalue weighted by Crippen LogP contribution is -2.21. The zero-order valence-corrected chi connectivity index (χ0v) is 33.8. The molecule has 21 heteroatoms. The van der Waals surface area contributed by atoms with E-state index in [0.29, 0.717) is 58.8 Å². The first kappa shape index (κ1) is 42.2. The molecule has 3 amide bonds. The van der Waals surface area contributed by atoms with E-state index in [2.05, 4.69) is 30.8 Å². The first-order valence-corrected chi connectivity index (χ1v) is 19.1. The predicted molar refractivity (Wildman–Crippen MR) is 221 cm³/mol. The number of aromatic nitrogens is 9. The third-order valence-electron chi connectivity index (χ3n) is 9.51. The molecule has 0 saturated heterocycles. The number of nitrogens with two attached hydrogens (primary N) is 3. The largest absolute Gasteiger partial charge is 0.491 e. The molecule has 1 aromatic carbocycles. The lowest BCUT2D eigenvalue weighted by molar-refractivity contribution is -0.140. The molecule has 5 heterocycles. The first-order valence-electron chi connectivity index (χ1n) is 19.1. The predicted octanol–water partition coefficient (Wildman–Crippen LogP) is 2.75. The Bertz CT molecular complexity index is 2670. The van der Waals surface area contributed by atoms with E-state index < -0.39 is 23.7 Å². The Balaban J connectivity index is 1.39. The number of primary amides is 1. The molecule has 0 radical (unpaired) electrons. The number of aryl methyl sites for hydroxylation is 4. The van der Waals surface area contributed by atoms with Gasteiger partial charge in [-0.25, -0.2) is 15.0 Å². The minimum atomic E-state index is -0.689. The summed E-state index contributed by atoms with van der Waals surface area (Å²) in [6.45, 7) is 8.07. The summed E-state index contributed by atoms with van der Waals surface area (Å²) >= 11 is 0. The Labute approximate surface area is 342 Å². The van der Waals surface area contributed by atoms with Crippen LogP contribution in [0.3, 0.4) is 0 Å². The van der Waals surface area contributed by atoms with Gasteiger partial charge in [0.15, 0.2) is 11.4 Å². The number of carbonyl (C=O) groups excluding carboxylic acids is 5. The first-order chi connectivity index (χ1) is 28.8. The van der Waals surface area contributed by atoms with Gasteiger partial charge >= 0.3 is 5.97 Å². The summed E-state index contributed by atoms with van der Waals surface area (Å²) in [5.41, 5.74) is 21.2. The maximum absolute atomic E-state index is 13.9. The Hall–Kier alpha value is -7.42. The number of ether oxygens (including phenoxy) is 2. The Morgan fingerprint density at radius 3 is 2.20 bits per heavy atom. The minimum Gasteiger partial charge on any atom is -0.491 e. The average molecular weight is 823 g/mol. The number of esters is 1. The van der Waals surface area contributed by atoms with Gasteiger partial charge in [0.1, 0.15) is 28.2 Å². The molecule has 21 nitrogen and oxygen atoms in total. The number of amides is 3. The van der Waals surface area contributed by atoms with Gasteiger partial charge in [-0.1, -0.05) is 12.2 Å². The van der Waals surface area contributed by atoms with Gasteiger partial charge < -0.3 is 31.2 Å². The molecule has 5 aromatic heterocycles. The number of Topliss-reactive ketones (excluding diaryl/α,β-unsaturated/α-hetero) is 1. The molecule has 6 aromatic rings. The van der Waals surface area contributed by atoms with Crippen LogP contribution in [0.1, 0.15) is 79.8 Å². The number of pyridine rings is 1. The number of hydrogen-bond donors (Lipinski definition) is 5. The highest BCUT2D eigenvalue weighted by molar-refractivity contribution is 6.07. The zero-order valence-electron chi connectivity index (χ0n) is 33.8. The van der Waals surface area contributed by atoms with Crippen LogP contribution in [0.15, 0.2) is 42.6 Å². The van der Waals surface area contributed by atoms with E-state index in [-0.39, 0.29) is 78.6 Å². The summed E-state index contributed by atoms with van der Waals surface area (Å²) in [6.07, 6.45) is 5.32. The Kier molecular flexibility index (Phi) is 12.7. The molecular weight excluding hydrogens is 777 g/mol. The van der Waals surface area contributed by atoms with Crippen molar-refractivity contribution in [2.75, 3.05) is 36.6 Å². The number of methoxy groups -OCH3 is 1. The van der Waals surface area contributed by atoms with E-state index in [4.69, 9.17) is 31.7 Å². The van der Waals surface area contributed by atoms with E-state index in [1.807, 2.05) is 13.8 Å². The third-order valence-corrected chi connectivity index (χ3v) is 9.51. The summed E-state index contributed by atoms with van der Waals surface area (Å²) in [5.74, 6) is -1.98. The number of nitrogen functional groups attached to an aromatic ring is 1. The molecule has 0 aliphatic heterocycles. The molecule has 0 spiro atoms. The van der Waals surface area contributed by atoms with E-state index >= 15 is 0 Å². The van der Waals surface area contributed by atoms with Crippen LogP contribution in [0.25, 0.3) is 22.2 Å². The second kappa shape index (κ2) is 18.0. The molecule has 60 heavy (non-hydrogen) atoms. The number of benzene rings is 1. The van der Waals surface area contributed by atoms with Crippen molar-refractivity contribution in [2.45, 2.75) is 66.7 Å². The van der Waals surface area contributed by atoms with E-state index in [9.17, 15) is 24.0 Å². The summed E-state index contributed by atoms with van der Waals surface area (Å²) in [6, 6.07) is 6.25. The fourth-order valence-corrected chi connectivity index (χ4v) is 6.53. The molecule has 0 saturated carbocycles. The highest BCUT2D eigenvalue weighted by atomic mass is 16.5. The van der Waals surface area contributed by atoms with Gasteiger partial charge in [0, 0.05) is 44.4 Å². The molecule has 0 aliphatic rings. The highest BCUT2D eigenvalue weighted by Crippen LogP contribution is 2.32. The van der Waals surface area contributed by atoms with Crippen molar-refractivity contribution in [1.29, 1.82) is 0 Å². The van der Waals surface area contributed by atoms with Gasteiger partial charge in [0.05, 0.1) is 48.4 Å². The van der Waals surface area contributed by atoms with Crippen molar-refractivity contribution in [3.05, 3.63) is 76.5 Å². The number of nitrogens with zero attached hydrogens (tertiary/aromatic N) is 9. The number of anilines is 3.